The van der Waals surface area contributed by atoms with E-state index in [1.807, 2.05) is 0 Å². The van der Waals surface area contributed by atoms with E-state index in [1.54, 1.807) is 0 Å². The van der Waals surface area contributed by atoms with Gasteiger partial charge in [-0.15, -0.1) is 0 Å². The first-order valence-corrected chi connectivity index (χ1v) is 23.9. The molecule has 14 N–H and O–H groups in total. The van der Waals surface area contributed by atoms with Gasteiger partial charge in [-0.05, 0) is 12.8 Å². The molecular formula is C39H68N2O26S. The molecule has 20 atom stereocenters. The molecule has 4 heterocycles. The Hall–Kier alpha value is -2.44. The number of sulfonamides is 1. The topological polar surface area (TPSA) is 435 Å². The van der Waals surface area contributed by atoms with Gasteiger partial charge in [0.25, 0.3) is 5.79 Å². The van der Waals surface area contributed by atoms with E-state index < -0.39 is 177 Å². The van der Waals surface area contributed by atoms with E-state index in [1.165, 1.54) is 7.11 Å². The van der Waals surface area contributed by atoms with E-state index in [-0.39, 0.29) is 19.0 Å². The lowest BCUT2D eigenvalue weighted by Crippen LogP contribution is -2.71. The first-order valence-electron chi connectivity index (χ1n) is 22.0. The molecule has 14 unspecified atom stereocenters. The molecule has 28 nitrogen and oxygen atoms in total. The number of nitrogens with one attached hydrogen (secondary N) is 2. The van der Waals surface area contributed by atoms with Gasteiger partial charge in [0, 0.05) is 26.4 Å². The Bertz CT molecular complexity index is 1700. The second kappa shape index (κ2) is 26.3. The van der Waals surface area contributed by atoms with Crippen LogP contribution < -0.4 is 10.0 Å². The van der Waals surface area contributed by atoms with Crippen LogP contribution in [0.5, 0.6) is 0 Å². The number of carbonyl (C=O) groups is 3. The highest BCUT2D eigenvalue weighted by Crippen LogP contribution is 2.39. The monoisotopic (exact) mass is 1010 g/mol. The average Bonchev–Trinajstić information content (AvgIpc) is 3.28. The lowest BCUT2D eigenvalue weighted by Gasteiger charge is -2.51. The Morgan fingerprint density at radius 3 is 1.97 bits per heavy atom. The number of carbonyl (C=O) groups excluding carboxylic acids is 2. The molecule has 0 aromatic rings. The van der Waals surface area contributed by atoms with Crippen LogP contribution in [0.15, 0.2) is 0 Å². The summed E-state index contributed by atoms with van der Waals surface area (Å²) in [7, 11) is -3.01. The summed E-state index contributed by atoms with van der Waals surface area (Å²) in [5, 5.41) is 130. The number of hydrogen-bond acceptors (Lipinski definition) is 25. The number of aliphatic carboxylic acids is 1. The summed E-state index contributed by atoms with van der Waals surface area (Å²) in [6.07, 6.45) is -29.5. The third-order valence-electron chi connectivity index (χ3n) is 11.8. The Morgan fingerprint density at radius 2 is 1.38 bits per heavy atom. The number of amides is 1. The standard InChI is InChI=1S/C39H68N2O26S/c1-17(45)40-24-18(46)12-39(38(55)56,66-32(24)27(51)19(47)13-42)67-34-28(52)21(14-43)62-37(30(34)54)65-33-25(41-68(3,57)58)35(60-11-9-7-5-4-6-8-10-23(49)59-2)63-22(15-44)31(33)64-36-29(53)26(50)20(48)16-61-36/h18-22,24-37,41-44,46-48,50-54H,4-16H2,1-3H3,(H,40,45)(H,55,56)/t18?,19?,20-,21?,22?,24-,25?,26?,27?,28+,29?,30?,31-,32?,33?,34?,35-,36?,37?,39+/m1/s1. The molecule has 0 bridgehead atoms. The number of hydrogen-bond donors (Lipinski definition) is 14. The number of aliphatic hydroxyl groups is 11. The maximum Gasteiger partial charge on any atom is 0.364 e. The molecule has 0 radical (unpaired) electrons. The zero-order chi connectivity index (χ0) is 50.7. The van der Waals surface area contributed by atoms with Gasteiger partial charge in [0.15, 0.2) is 18.9 Å². The van der Waals surface area contributed by atoms with Crippen LogP contribution in [0.1, 0.15) is 58.3 Å². The zero-order valence-electron chi connectivity index (χ0n) is 37.7. The summed E-state index contributed by atoms with van der Waals surface area (Å²) in [6.45, 7) is -2.79. The van der Waals surface area contributed by atoms with Crippen LogP contribution in [0.3, 0.4) is 0 Å². The van der Waals surface area contributed by atoms with Gasteiger partial charge in [0.1, 0.15) is 85.4 Å². The summed E-state index contributed by atoms with van der Waals surface area (Å²) >= 11 is 0. The van der Waals surface area contributed by atoms with Gasteiger partial charge >= 0.3 is 11.9 Å². The normalized spacial score (nSPS) is 38.9. The molecular weight excluding hydrogens is 944 g/mol. The summed E-state index contributed by atoms with van der Waals surface area (Å²) in [4.78, 5) is 36.5. The van der Waals surface area contributed by atoms with Gasteiger partial charge in [-0.3, -0.25) is 9.59 Å². The summed E-state index contributed by atoms with van der Waals surface area (Å²) in [6, 6.07) is -3.37. The highest BCUT2D eigenvalue weighted by molar-refractivity contribution is 7.88. The minimum atomic E-state index is -4.31. The van der Waals surface area contributed by atoms with Gasteiger partial charge in [-0.2, -0.15) is 0 Å². The molecule has 4 saturated heterocycles. The van der Waals surface area contributed by atoms with E-state index >= 15 is 0 Å². The highest BCUT2D eigenvalue weighted by Gasteiger charge is 2.61. The number of carboxylic acids is 1. The molecule has 0 aromatic carbocycles. The zero-order valence-corrected chi connectivity index (χ0v) is 38.5. The van der Waals surface area contributed by atoms with Gasteiger partial charge in [-0.25, -0.2) is 17.9 Å². The molecule has 1 amide bonds. The third-order valence-corrected chi connectivity index (χ3v) is 12.5. The summed E-state index contributed by atoms with van der Waals surface area (Å²) in [5.41, 5.74) is 0. The molecule has 4 aliphatic rings. The molecule has 0 spiro atoms. The summed E-state index contributed by atoms with van der Waals surface area (Å²) in [5.74, 6) is -6.34. The molecule has 68 heavy (non-hydrogen) atoms. The van der Waals surface area contributed by atoms with E-state index in [0.29, 0.717) is 19.3 Å². The van der Waals surface area contributed by atoms with Gasteiger partial charge in [0.05, 0.1) is 51.9 Å². The molecule has 0 aliphatic carbocycles. The molecule has 396 valence electrons. The Balaban J connectivity index is 1.70. The van der Waals surface area contributed by atoms with Crippen molar-refractivity contribution in [1.29, 1.82) is 0 Å². The van der Waals surface area contributed by atoms with Crippen molar-refractivity contribution in [2.75, 3.05) is 46.4 Å². The van der Waals surface area contributed by atoms with E-state index in [9.17, 15) is 84.1 Å². The number of aliphatic hydroxyl groups excluding tert-OH is 11. The second-order valence-corrected chi connectivity index (χ2v) is 18.9. The second-order valence-electron chi connectivity index (χ2n) is 17.1. The van der Waals surface area contributed by atoms with Gasteiger partial charge < -0.3 is 109 Å². The lowest BCUT2D eigenvalue weighted by molar-refractivity contribution is -0.388. The maximum atomic E-state index is 13.1. The average molecular weight is 1010 g/mol. The quantitative estimate of drug-likeness (QED) is 0.0298. The van der Waals surface area contributed by atoms with E-state index in [4.69, 9.17) is 37.9 Å². The SMILES string of the molecule is COC(=O)CCCCCCCCO[C@@H]1OC(CO)[C@@H](OC2OC[C@@H](O)C(O)C2O)C(OC2OC(CO)[C@H](O)C(O[C@]3(C(=O)O)CC(O)[C@@H](NC(C)=O)C(C(O)C(O)CO)O3)C2O)C1NS(C)(=O)=O. The molecule has 0 aromatic heterocycles. The Morgan fingerprint density at radius 1 is 0.765 bits per heavy atom. The van der Waals surface area contributed by atoms with E-state index in [2.05, 4.69) is 14.8 Å². The van der Waals surface area contributed by atoms with Crippen LogP contribution >= 0.6 is 0 Å². The largest absolute Gasteiger partial charge is 0.477 e. The summed E-state index contributed by atoms with van der Waals surface area (Å²) < 4.78 is 79.7. The van der Waals surface area contributed by atoms with Crippen LogP contribution in [-0.2, 0) is 67.0 Å². The van der Waals surface area contributed by atoms with Crippen molar-refractivity contribution in [1.82, 2.24) is 10.0 Å². The number of rotatable bonds is 25. The van der Waals surface area contributed by atoms with Crippen molar-refractivity contribution >= 4 is 27.9 Å². The fourth-order valence-electron chi connectivity index (χ4n) is 8.25. The van der Waals surface area contributed by atoms with Crippen molar-refractivity contribution in [2.45, 2.75) is 180 Å². The van der Waals surface area contributed by atoms with Crippen molar-refractivity contribution in [3.63, 3.8) is 0 Å². The van der Waals surface area contributed by atoms with Crippen LogP contribution in [0.2, 0.25) is 0 Å². The Labute approximate surface area is 390 Å². The number of methoxy groups -OCH3 is 1. The van der Waals surface area contributed by atoms with Crippen molar-refractivity contribution in [3.05, 3.63) is 0 Å². The van der Waals surface area contributed by atoms with Crippen LogP contribution in [0.25, 0.3) is 0 Å². The molecule has 29 heteroatoms. The number of carboxylic acid groups (broad SMARTS) is 1. The van der Waals surface area contributed by atoms with Gasteiger partial charge in [0.2, 0.25) is 15.9 Å². The van der Waals surface area contributed by atoms with E-state index in [0.717, 1.165) is 32.4 Å². The van der Waals surface area contributed by atoms with Crippen molar-refractivity contribution < 1.29 is 127 Å². The lowest BCUT2D eigenvalue weighted by atomic mass is 9.88. The predicted molar refractivity (Wildman–Crippen MR) is 221 cm³/mol. The maximum absolute atomic E-state index is 13.1. The van der Waals surface area contributed by atoms with Crippen molar-refractivity contribution in [2.24, 2.45) is 0 Å². The third kappa shape index (κ3) is 15.1. The fraction of sp³-hybridized carbons (Fsp3) is 0.923. The van der Waals surface area contributed by atoms with Crippen LogP contribution in [0.4, 0.5) is 0 Å². The first kappa shape index (κ1) is 58.1. The predicted octanol–water partition coefficient (Wildman–Crippen LogP) is -7.28. The minimum Gasteiger partial charge on any atom is -0.477 e. The number of ether oxygens (including phenoxy) is 9. The molecule has 4 fully saturated rings. The first-order chi connectivity index (χ1) is 32.0. The number of unbranched alkanes of at least 4 members (excludes halogenated alkanes) is 5. The highest BCUT2D eigenvalue weighted by atomic mass is 32.2. The molecule has 4 aliphatic heterocycles. The number of esters is 1. The molecule has 4 rings (SSSR count). The smallest absolute Gasteiger partial charge is 0.364 e. The minimum absolute atomic E-state index is 0.0755. The van der Waals surface area contributed by atoms with Crippen molar-refractivity contribution in [3.8, 4) is 0 Å². The van der Waals surface area contributed by atoms with Crippen LogP contribution in [-0.4, -0.2) is 256 Å². The fourth-order valence-corrected chi connectivity index (χ4v) is 8.99. The Kier molecular flexibility index (Phi) is 22.5. The molecule has 0 saturated carbocycles. The van der Waals surface area contributed by atoms with Crippen LogP contribution in [0, 0.1) is 0 Å². The van der Waals surface area contributed by atoms with Gasteiger partial charge in [-0.1, -0.05) is 25.7 Å².